The third kappa shape index (κ3) is 3.27. The highest BCUT2D eigenvalue weighted by Gasteiger charge is 2.24. The van der Waals surface area contributed by atoms with Gasteiger partial charge in [-0.2, -0.15) is 0 Å². The van der Waals surface area contributed by atoms with Crippen molar-refractivity contribution in [3.8, 4) is 12.3 Å². The number of hydrogen-bond donors (Lipinski definition) is 1. The topological polar surface area (TPSA) is 15.3 Å². The molecule has 2 rings (SSSR count). The molecule has 1 atom stereocenters. The van der Waals surface area contributed by atoms with Crippen LogP contribution in [0, 0.1) is 18.3 Å². The minimum Gasteiger partial charge on any atom is -0.360 e. The first kappa shape index (κ1) is 13.0. The van der Waals surface area contributed by atoms with E-state index >= 15 is 0 Å². The molecule has 0 radical (unpaired) electrons. The fraction of sp³-hybridized carbons (Fsp3) is 0.500. The summed E-state index contributed by atoms with van der Waals surface area (Å²) in [5, 5.41) is 3.25. The van der Waals surface area contributed by atoms with E-state index in [2.05, 4.69) is 47.3 Å². The summed E-state index contributed by atoms with van der Waals surface area (Å²) in [6, 6.07) is 9.13. The Hall–Kier alpha value is -1.46. The highest BCUT2D eigenvalue weighted by atomic mass is 15.1. The van der Waals surface area contributed by atoms with Crippen LogP contribution in [0.4, 0.5) is 5.69 Å². The Balaban J connectivity index is 2.07. The smallest absolute Gasteiger partial charge is 0.0791 e. The van der Waals surface area contributed by atoms with E-state index in [1.165, 1.54) is 24.1 Å². The highest BCUT2D eigenvalue weighted by Crippen LogP contribution is 2.31. The molecule has 0 spiro atoms. The average molecular weight is 242 g/mol. The van der Waals surface area contributed by atoms with Crippen LogP contribution in [-0.4, -0.2) is 20.1 Å². The minimum atomic E-state index is 0.392. The van der Waals surface area contributed by atoms with E-state index in [1.54, 1.807) is 0 Å². The Kier molecular flexibility index (Phi) is 4.28. The molecular formula is C16H22N2. The first-order valence-electron chi connectivity index (χ1n) is 6.70. The third-order valence-corrected chi connectivity index (χ3v) is 3.65. The Morgan fingerprint density at radius 3 is 2.56 bits per heavy atom. The molecule has 0 amide bonds. The lowest BCUT2D eigenvalue weighted by molar-refractivity contribution is 0.652. The zero-order valence-corrected chi connectivity index (χ0v) is 11.3. The van der Waals surface area contributed by atoms with Gasteiger partial charge < -0.3 is 10.2 Å². The van der Waals surface area contributed by atoms with Crippen molar-refractivity contribution in [2.24, 2.45) is 5.92 Å². The second-order valence-corrected chi connectivity index (χ2v) is 5.13. The van der Waals surface area contributed by atoms with Crippen LogP contribution in [0.25, 0.3) is 0 Å². The molecule has 1 aliphatic rings. The summed E-state index contributed by atoms with van der Waals surface area (Å²) in [4.78, 5) is 2.31. The molecule has 0 heterocycles. The maximum Gasteiger partial charge on any atom is 0.0791 e. The summed E-state index contributed by atoms with van der Waals surface area (Å²) in [5.41, 5.74) is 2.56. The van der Waals surface area contributed by atoms with Gasteiger partial charge in [-0.25, -0.2) is 0 Å². The molecule has 1 N–H and O–H groups in total. The van der Waals surface area contributed by atoms with Crippen molar-refractivity contribution in [2.45, 2.75) is 25.8 Å². The van der Waals surface area contributed by atoms with Crippen LogP contribution in [0.2, 0.25) is 0 Å². The number of nitrogens with zero attached hydrogens (tertiary/aromatic N) is 1. The molecular weight excluding hydrogens is 220 g/mol. The number of anilines is 1. The maximum atomic E-state index is 5.46. The molecule has 0 aromatic heterocycles. The molecule has 1 saturated carbocycles. The lowest BCUT2D eigenvalue weighted by Crippen LogP contribution is -2.26. The number of benzene rings is 1. The van der Waals surface area contributed by atoms with Crippen molar-refractivity contribution in [3.05, 3.63) is 29.8 Å². The van der Waals surface area contributed by atoms with Gasteiger partial charge in [-0.05, 0) is 50.4 Å². The predicted molar refractivity (Wildman–Crippen MR) is 77.7 cm³/mol. The van der Waals surface area contributed by atoms with Gasteiger partial charge in [0.05, 0.1) is 6.54 Å². The van der Waals surface area contributed by atoms with E-state index in [9.17, 15) is 0 Å². The Labute approximate surface area is 110 Å². The van der Waals surface area contributed by atoms with Crippen molar-refractivity contribution in [2.75, 3.05) is 25.0 Å². The molecule has 18 heavy (non-hydrogen) atoms. The number of hydrogen-bond acceptors (Lipinski definition) is 2. The van der Waals surface area contributed by atoms with Gasteiger partial charge in [0.25, 0.3) is 0 Å². The molecule has 96 valence electrons. The van der Waals surface area contributed by atoms with Gasteiger partial charge in [0.1, 0.15) is 0 Å². The second-order valence-electron chi connectivity index (χ2n) is 5.13. The standard InChI is InChI=1S/C16H22N2/c1-4-11-18(12-14-5-6-14)16-9-7-15(8-10-16)13(2)17-3/h1,7-10,13-14,17H,5-6,11-12H2,2-3H3. The Bertz CT molecular complexity index is 412. The summed E-state index contributed by atoms with van der Waals surface area (Å²) in [6.07, 6.45) is 8.18. The van der Waals surface area contributed by atoms with Crippen molar-refractivity contribution in [1.82, 2.24) is 5.32 Å². The zero-order valence-electron chi connectivity index (χ0n) is 11.3. The van der Waals surface area contributed by atoms with Crippen LogP contribution in [0.3, 0.4) is 0 Å². The fourth-order valence-corrected chi connectivity index (χ4v) is 2.12. The maximum absolute atomic E-state index is 5.46. The van der Waals surface area contributed by atoms with Gasteiger partial charge in [-0.3, -0.25) is 0 Å². The van der Waals surface area contributed by atoms with Crippen LogP contribution in [-0.2, 0) is 0 Å². The second kappa shape index (κ2) is 5.93. The SMILES string of the molecule is C#CCN(CC1CC1)c1ccc(C(C)NC)cc1. The largest absolute Gasteiger partial charge is 0.360 e. The van der Waals surface area contributed by atoms with Crippen LogP contribution < -0.4 is 10.2 Å². The van der Waals surface area contributed by atoms with Crippen molar-refractivity contribution >= 4 is 5.69 Å². The Morgan fingerprint density at radius 2 is 2.06 bits per heavy atom. The number of rotatable bonds is 6. The molecule has 1 aromatic rings. The first-order valence-corrected chi connectivity index (χ1v) is 6.70. The Morgan fingerprint density at radius 1 is 1.39 bits per heavy atom. The number of terminal acetylenes is 1. The summed E-state index contributed by atoms with van der Waals surface area (Å²) in [7, 11) is 1.98. The molecule has 0 aliphatic heterocycles. The van der Waals surface area contributed by atoms with Crippen molar-refractivity contribution < 1.29 is 0 Å². The molecule has 1 unspecified atom stereocenters. The van der Waals surface area contributed by atoms with Crippen LogP contribution >= 0.6 is 0 Å². The van der Waals surface area contributed by atoms with E-state index in [-0.39, 0.29) is 0 Å². The lowest BCUT2D eigenvalue weighted by Gasteiger charge is -2.23. The van der Waals surface area contributed by atoms with E-state index in [1.807, 2.05) is 7.05 Å². The van der Waals surface area contributed by atoms with E-state index in [0.717, 1.165) is 12.5 Å². The average Bonchev–Trinajstić information content (AvgIpc) is 3.21. The highest BCUT2D eigenvalue weighted by molar-refractivity contribution is 5.49. The van der Waals surface area contributed by atoms with Gasteiger partial charge in [-0.15, -0.1) is 6.42 Å². The molecule has 0 saturated heterocycles. The first-order chi connectivity index (χ1) is 8.74. The summed E-state index contributed by atoms with van der Waals surface area (Å²) in [6.45, 7) is 3.97. The summed E-state index contributed by atoms with van der Waals surface area (Å²) < 4.78 is 0. The quantitative estimate of drug-likeness (QED) is 0.772. The van der Waals surface area contributed by atoms with E-state index in [4.69, 9.17) is 6.42 Å². The summed E-state index contributed by atoms with van der Waals surface area (Å²) in [5.74, 6) is 3.62. The van der Waals surface area contributed by atoms with Gasteiger partial charge in [-0.1, -0.05) is 18.1 Å². The molecule has 1 aromatic carbocycles. The van der Waals surface area contributed by atoms with Crippen molar-refractivity contribution in [3.63, 3.8) is 0 Å². The monoisotopic (exact) mass is 242 g/mol. The molecule has 2 heteroatoms. The van der Waals surface area contributed by atoms with Crippen LogP contribution in [0.15, 0.2) is 24.3 Å². The normalized spacial score (nSPS) is 16.1. The molecule has 2 nitrogen and oxygen atoms in total. The minimum absolute atomic E-state index is 0.392. The fourth-order valence-electron chi connectivity index (χ4n) is 2.12. The number of nitrogens with one attached hydrogen (secondary N) is 1. The summed E-state index contributed by atoms with van der Waals surface area (Å²) >= 11 is 0. The third-order valence-electron chi connectivity index (χ3n) is 3.65. The lowest BCUT2D eigenvalue weighted by atomic mass is 10.1. The molecule has 1 fully saturated rings. The van der Waals surface area contributed by atoms with Gasteiger partial charge >= 0.3 is 0 Å². The van der Waals surface area contributed by atoms with Gasteiger partial charge in [0.2, 0.25) is 0 Å². The molecule has 1 aliphatic carbocycles. The van der Waals surface area contributed by atoms with E-state index in [0.29, 0.717) is 12.6 Å². The van der Waals surface area contributed by atoms with Gasteiger partial charge in [0.15, 0.2) is 0 Å². The van der Waals surface area contributed by atoms with Crippen molar-refractivity contribution in [1.29, 1.82) is 0 Å². The van der Waals surface area contributed by atoms with Crippen LogP contribution in [0.5, 0.6) is 0 Å². The molecule has 0 bridgehead atoms. The predicted octanol–water partition coefficient (Wildman–Crippen LogP) is 2.82. The zero-order chi connectivity index (χ0) is 13.0. The van der Waals surface area contributed by atoms with Crippen LogP contribution in [0.1, 0.15) is 31.4 Å². The van der Waals surface area contributed by atoms with Gasteiger partial charge in [0, 0.05) is 18.3 Å². The van der Waals surface area contributed by atoms with E-state index < -0.39 is 0 Å².